The van der Waals surface area contributed by atoms with E-state index in [1.807, 2.05) is 0 Å². The molecule has 0 aliphatic heterocycles. The predicted molar refractivity (Wildman–Crippen MR) is 101 cm³/mol. The Morgan fingerprint density at radius 3 is 1.00 bits per heavy atom. The molecule has 0 saturated heterocycles. The lowest BCUT2D eigenvalue weighted by molar-refractivity contribution is -0.00000477. The largest absolute Gasteiger partial charge is 1.00 e. The zero-order chi connectivity index (χ0) is 16.4. The highest BCUT2D eigenvalue weighted by atomic mass is 35.5. The monoisotopic (exact) mass is 337 g/mol. The second-order valence-corrected chi connectivity index (χ2v) is 6.37. The van der Waals surface area contributed by atoms with Crippen LogP contribution < -0.4 is 16.9 Å². The van der Waals surface area contributed by atoms with Crippen molar-refractivity contribution in [1.29, 1.82) is 0 Å². The third kappa shape index (κ3) is 2.98. The molecule has 24 heavy (non-hydrogen) atoms. The number of benzene rings is 3. The molecule has 0 aliphatic carbocycles. The molecule has 0 aromatic heterocycles. The van der Waals surface area contributed by atoms with Gasteiger partial charge in [-0.1, -0.05) is 54.6 Å². The lowest BCUT2D eigenvalue weighted by Crippen LogP contribution is -3.00. The fourth-order valence-electron chi connectivity index (χ4n) is 3.58. The highest BCUT2D eigenvalue weighted by molar-refractivity contribution is 5.75. The van der Waals surface area contributed by atoms with Crippen LogP contribution in [0.25, 0.3) is 0 Å². The number of quaternary nitrogens is 1. The van der Waals surface area contributed by atoms with Gasteiger partial charge in [-0.2, -0.15) is 0 Å². The number of hydrogen-bond donors (Lipinski definition) is 0. The van der Waals surface area contributed by atoms with Crippen LogP contribution in [0.3, 0.4) is 0 Å². The summed E-state index contributed by atoms with van der Waals surface area (Å²) in [5.41, 5.74) is 7.87. The molecule has 0 saturated carbocycles. The molecule has 3 rings (SSSR count). The Hall–Kier alpha value is -2.09. The smallest absolute Gasteiger partial charge is 0.145 e. The number of nitrogens with zero attached hydrogens (tertiary/aromatic N) is 1. The Labute approximate surface area is 151 Å². The van der Waals surface area contributed by atoms with Gasteiger partial charge in [0.2, 0.25) is 0 Å². The Morgan fingerprint density at radius 1 is 0.500 bits per heavy atom. The predicted octanol–water partition coefficient (Wildman–Crippen LogP) is 3.22. The molecule has 0 aliphatic rings. The number of rotatable bonds is 3. The summed E-state index contributed by atoms with van der Waals surface area (Å²) in [4.78, 5) is 0. The van der Waals surface area contributed by atoms with Crippen LogP contribution in [0.15, 0.2) is 72.8 Å². The number of aryl methyl sites for hydroxylation is 3. The normalized spacial score (nSPS) is 11.0. The van der Waals surface area contributed by atoms with E-state index in [9.17, 15) is 0 Å². The van der Waals surface area contributed by atoms with Crippen LogP contribution in [0, 0.1) is 20.8 Å². The van der Waals surface area contributed by atoms with Crippen molar-refractivity contribution < 1.29 is 12.4 Å². The van der Waals surface area contributed by atoms with E-state index in [2.05, 4.69) is 101 Å². The molecule has 124 valence electrons. The summed E-state index contributed by atoms with van der Waals surface area (Å²) in [6.45, 7) is 6.59. The van der Waals surface area contributed by atoms with E-state index in [1.54, 1.807) is 0 Å². The standard InChI is InChI=1S/C22H24N.ClH/c1-17-11-5-8-14-20(17)23(4,21-15-9-6-12-18(21)2)22-16-10-7-13-19(22)3;/h5-16H,1-4H3;1H/q+1;/p-1. The second kappa shape index (κ2) is 7.21. The van der Waals surface area contributed by atoms with Gasteiger partial charge < -0.3 is 12.4 Å². The summed E-state index contributed by atoms with van der Waals surface area (Å²) in [5, 5.41) is 0. The summed E-state index contributed by atoms with van der Waals surface area (Å²) in [5.74, 6) is 0. The molecular formula is C22H24ClN. The zero-order valence-corrected chi connectivity index (χ0v) is 15.5. The number of para-hydroxylation sites is 3. The molecule has 2 heteroatoms. The first-order chi connectivity index (χ1) is 11.0. The first kappa shape index (κ1) is 18.3. The van der Waals surface area contributed by atoms with E-state index < -0.39 is 0 Å². The third-order valence-corrected chi connectivity index (χ3v) is 4.79. The molecule has 0 amide bonds. The van der Waals surface area contributed by atoms with Crippen LogP contribution in [0.2, 0.25) is 0 Å². The molecule has 0 N–H and O–H groups in total. The van der Waals surface area contributed by atoms with E-state index in [4.69, 9.17) is 0 Å². The molecule has 3 aromatic carbocycles. The van der Waals surface area contributed by atoms with Gasteiger partial charge in [0.1, 0.15) is 17.1 Å². The van der Waals surface area contributed by atoms with Gasteiger partial charge in [0.05, 0.1) is 7.05 Å². The van der Waals surface area contributed by atoms with Gasteiger partial charge in [0, 0.05) is 34.9 Å². The summed E-state index contributed by atoms with van der Waals surface area (Å²) in [6.07, 6.45) is 0. The average molecular weight is 338 g/mol. The van der Waals surface area contributed by atoms with Crippen molar-refractivity contribution in [3.8, 4) is 0 Å². The Balaban J connectivity index is 0.00000208. The third-order valence-electron chi connectivity index (χ3n) is 4.79. The number of hydrogen-bond acceptors (Lipinski definition) is 0. The minimum atomic E-state index is 0. The molecule has 0 radical (unpaired) electrons. The van der Waals surface area contributed by atoms with Gasteiger partial charge in [-0.25, -0.2) is 4.48 Å². The zero-order valence-electron chi connectivity index (χ0n) is 14.8. The maximum Gasteiger partial charge on any atom is 0.145 e. The van der Waals surface area contributed by atoms with Crippen molar-refractivity contribution in [3.05, 3.63) is 89.5 Å². The quantitative estimate of drug-likeness (QED) is 0.644. The highest BCUT2D eigenvalue weighted by Crippen LogP contribution is 2.45. The van der Waals surface area contributed by atoms with Crippen molar-refractivity contribution in [2.75, 3.05) is 7.05 Å². The van der Waals surface area contributed by atoms with Gasteiger partial charge in [0.25, 0.3) is 0 Å². The fraction of sp³-hybridized carbons (Fsp3) is 0.182. The Morgan fingerprint density at radius 2 is 0.750 bits per heavy atom. The topological polar surface area (TPSA) is 0 Å². The maximum absolute atomic E-state index is 2.30. The molecule has 3 aromatic rings. The lowest BCUT2D eigenvalue weighted by Gasteiger charge is -2.36. The summed E-state index contributed by atoms with van der Waals surface area (Å²) >= 11 is 0. The minimum absolute atomic E-state index is 0. The molecule has 0 bridgehead atoms. The lowest BCUT2D eigenvalue weighted by atomic mass is 10.0. The van der Waals surface area contributed by atoms with Gasteiger partial charge in [-0.05, 0) is 20.8 Å². The molecule has 0 spiro atoms. The van der Waals surface area contributed by atoms with E-state index >= 15 is 0 Å². The van der Waals surface area contributed by atoms with Crippen molar-refractivity contribution in [3.63, 3.8) is 0 Å². The Bertz CT molecular complexity index is 728. The van der Waals surface area contributed by atoms with Crippen molar-refractivity contribution in [1.82, 2.24) is 4.48 Å². The van der Waals surface area contributed by atoms with Crippen LogP contribution >= 0.6 is 0 Å². The van der Waals surface area contributed by atoms with Gasteiger partial charge in [0.15, 0.2) is 0 Å². The van der Waals surface area contributed by atoms with E-state index in [-0.39, 0.29) is 12.4 Å². The van der Waals surface area contributed by atoms with Crippen molar-refractivity contribution in [2.24, 2.45) is 0 Å². The summed E-state index contributed by atoms with van der Waals surface area (Å²) in [6, 6.07) is 26.1. The molecule has 0 atom stereocenters. The maximum atomic E-state index is 2.30. The molecule has 0 heterocycles. The fourth-order valence-corrected chi connectivity index (χ4v) is 3.58. The summed E-state index contributed by atoms with van der Waals surface area (Å²) < 4.78 is 0.687. The Kier molecular flexibility index (Phi) is 5.48. The summed E-state index contributed by atoms with van der Waals surface area (Å²) in [7, 11) is 2.30. The SMILES string of the molecule is Cc1ccccc1[N+](C)(c1ccccc1C)c1ccccc1C.[Cl-]. The molecule has 0 fully saturated rings. The van der Waals surface area contributed by atoms with Gasteiger partial charge in [-0.15, -0.1) is 0 Å². The highest BCUT2D eigenvalue weighted by Gasteiger charge is 2.34. The van der Waals surface area contributed by atoms with Crippen LogP contribution in [0.5, 0.6) is 0 Å². The second-order valence-electron chi connectivity index (χ2n) is 6.37. The molecule has 0 unspecified atom stereocenters. The van der Waals surface area contributed by atoms with E-state index in [0.717, 1.165) is 0 Å². The number of halogens is 1. The minimum Gasteiger partial charge on any atom is -1.00 e. The van der Waals surface area contributed by atoms with Crippen LogP contribution in [-0.2, 0) is 0 Å². The van der Waals surface area contributed by atoms with Crippen molar-refractivity contribution in [2.45, 2.75) is 20.8 Å². The first-order valence-electron chi connectivity index (χ1n) is 8.10. The van der Waals surface area contributed by atoms with Gasteiger partial charge >= 0.3 is 0 Å². The average Bonchev–Trinajstić information content (AvgIpc) is 2.55. The van der Waals surface area contributed by atoms with Crippen LogP contribution in [-0.4, -0.2) is 7.05 Å². The first-order valence-corrected chi connectivity index (χ1v) is 8.10. The van der Waals surface area contributed by atoms with Gasteiger partial charge in [-0.3, -0.25) is 0 Å². The molecule has 1 nitrogen and oxygen atoms in total. The van der Waals surface area contributed by atoms with Crippen LogP contribution in [0.1, 0.15) is 16.7 Å². The van der Waals surface area contributed by atoms with Crippen LogP contribution in [0.4, 0.5) is 17.1 Å². The van der Waals surface area contributed by atoms with Crippen molar-refractivity contribution >= 4 is 17.1 Å². The van der Waals surface area contributed by atoms with E-state index in [1.165, 1.54) is 33.8 Å². The van der Waals surface area contributed by atoms with E-state index in [0.29, 0.717) is 4.48 Å². The molecular weight excluding hydrogens is 314 g/mol.